The summed E-state index contributed by atoms with van der Waals surface area (Å²) < 4.78 is 5.60. The Kier molecular flexibility index (Phi) is 7.63. The largest absolute Gasteiger partial charge is 0.461 e. The number of likely N-dealkylation sites (tertiary alicyclic amines) is 1. The minimum absolute atomic E-state index is 0.0252. The van der Waals surface area contributed by atoms with E-state index in [2.05, 4.69) is 20.9 Å². The number of aryl methyl sites for hydroxylation is 1. The third kappa shape index (κ3) is 6.38. The molecule has 2 amide bonds. The molecule has 1 aromatic heterocycles. The van der Waals surface area contributed by atoms with Gasteiger partial charge in [-0.1, -0.05) is 30.3 Å². The van der Waals surface area contributed by atoms with Gasteiger partial charge in [0, 0.05) is 24.2 Å². The number of fused-ring (bicyclic) bond motifs is 1. The minimum atomic E-state index is -0.692. The summed E-state index contributed by atoms with van der Waals surface area (Å²) >= 11 is 0. The monoisotopic (exact) mass is 472 g/mol. The molecule has 9 nitrogen and oxygen atoms in total. The number of guanidine groups is 1. The first-order valence-electron chi connectivity index (χ1n) is 11.6. The Hall–Kier alpha value is -4.32. The zero-order valence-corrected chi connectivity index (χ0v) is 19.6. The van der Waals surface area contributed by atoms with Gasteiger partial charge in [0.1, 0.15) is 17.4 Å². The summed E-state index contributed by atoms with van der Waals surface area (Å²) in [5, 5.41) is 18.6. The number of nitrogens with zero attached hydrogens (tertiary/aromatic N) is 3. The Bertz CT molecular complexity index is 1260. The molecule has 0 unspecified atom stereocenters. The van der Waals surface area contributed by atoms with Crippen molar-refractivity contribution in [2.45, 2.75) is 38.8 Å². The lowest BCUT2D eigenvalue weighted by Gasteiger charge is -2.22. The molecule has 1 saturated heterocycles. The van der Waals surface area contributed by atoms with E-state index in [1.807, 2.05) is 67.7 Å². The predicted octanol–water partition coefficient (Wildman–Crippen LogP) is 3.28. The molecule has 2 heterocycles. The summed E-state index contributed by atoms with van der Waals surface area (Å²) in [5.41, 5.74) is 2.46. The highest BCUT2D eigenvalue weighted by atomic mass is 16.3. The van der Waals surface area contributed by atoms with Gasteiger partial charge in [0.05, 0.1) is 6.54 Å². The average Bonchev–Trinajstić information content (AvgIpc) is 3.14. The van der Waals surface area contributed by atoms with E-state index in [1.54, 1.807) is 4.90 Å². The second-order valence-corrected chi connectivity index (χ2v) is 8.48. The van der Waals surface area contributed by atoms with Crippen molar-refractivity contribution in [3.8, 4) is 6.19 Å². The van der Waals surface area contributed by atoms with Gasteiger partial charge in [-0.05, 0) is 56.0 Å². The number of amides is 2. The van der Waals surface area contributed by atoms with Gasteiger partial charge in [0.2, 0.25) is 17.8 Å². The van der Waals surface area contributed by atoms with Crippen LogP contribution in [-0.4, -0.2) is 41.8 Å². The summed E-state index contributed by atoms with van der Waals surface area (Å²) in [7, 11) is 0. The van der Waals surface area contributed by atoms with Crippen molar-refractivity contribution in [3.63, 3.8) is 0 Å². The lowest BCUT2D eigenvalue weighted by Crippen LogP contribution is -2.44. The van der Waals surface area contributed by atoms with Crippen molar-refractivity contribution < 1.29 is 14.0 Å². The van der Waals surface area contributed by atoms with E-state index in [0.717, 1.165) is 35.1 Å². The van der Waals surface area contributed by atoms with Gasteiger partial charge in [-0.25, -0.2) is 4.99 Å². The first kappa shape index (κ1) is 23.8. The molecular weight excluding hydrogens is 444 g/mol. The Morgan fingerprint density at radius 1 is 1.20 bits per heavy atom. The summed E-state index contributed by atoms with van der Waals surface area (Å²) in [5.74, 6) is 0.542. The second kappa shape index (κ2) is 11.2. The fourth-order valence-corrected chi connectivity index (χ4v) is 4.08. The molecule has 0 bridgehead atoms. The van der Waals surface area contributed by atoms with Gasteiger partial charge in [0.25, 0.3) is 0 Å². The van der Waals surface area contributed by atoms with E-state index in [1.165, 1.54) is 0 Å². The van der Waals surface area contributed by atoms with E-state index in [4.69, 9.17) is 4.42 Å². The number of anilines is 1. The Morgan fingerprint density at radius 3 is 2.83 bits per heavy atom. The first-order chi connectivity index (χ1) is 17.0. The third-order valence-corrected chi connectivity index (χ3v) is 5.78. The lowest BCUT2D eigenvalue weighted by atomic mass is 10.1. The summed E-state index contributed by atoms with van der Waals surface area (Å²) in [6.45, 7) is 2.75. The summed E-state index contributed by atoms with van der Waals surface area (Å²) in [4.78, 5) is 31.8. The number of rotatable bonds is 6. The van der Waals surface area contributed by atoms with Crippen LogP contribution in [0.1, 0.15) is 30.6 Å². The van der Waals surface area contributed by atoms with Crippen LogP contribution < -0.4 is 16.0 Å². The molecule has 0 saturated carbocycles. The van der Waals surface area contributed by atoms with Crippen LogP contribution in [0.5, 0.6) is 0 Å². The maximum Gasteiger partial charge on any atom is 0.247 e. The number of hydrogen-bond donors (Lipinski definition) is 3. The fourth-order valence-electron chi connectivity index (χ4n) is 4.08. The van der Waals surface area contributed by atoms with Crippen molar-refractivity contribution in [1.82, 2.24) is 15.5 Å². The number of aliphatic imine (C=N–C) groups is 1. The Balaban J connectivity index is 1.43. The third-order valence-electron chi connectivity index (χ3n) is 5.78. The number of carbonyl (C=O) groups excluding carboxylic acids is 2. The number of carbonyl (C=O) groups is 2. The SMILES string of the molecule is Cc1cc2cc(NC(=N[C@H]3CCCCN(CC(=O)NCc4ccccc4)C3=O)NC#N)ccc2o1. The molecule has 1 aliphatic rings. The van der Waals surface area contributed by atoms with Gasteiger partial charge in [-0.2, -0.15) is 5.26 Å². The molecule has 1 fully saturated rings. The molecule has 1 atom stereocenters. The van der Waals surface area contributed by atoms with Gasteiger partial charge >= 0.3 is 0 Å². The van der Waals surface area contributed by atoms with Gasteiger partial charge < -0.3 is 20.0 Å². The number of hydrogen-bond acceptors (Lipinski definition) is 5. The van der Waals surface area contributed by atoms with Gasteiger partial charge in [-0.15, -0.1) is 0 Å². The van der Waals surface area contributed by atoms with Gasteiger partial charge in [-0.3, -0.25) is 14.9 Å². The topological polar surface area (TPSA) is 123 Å². The van der Waals surface area contributed by atoms with Crippen molar-refractivity contribution >= 4 is 34.4 Å². The Morgan fingerprint density at radius 2 is 2.03 bits per heavy atom. The van der Waals surface area contributed by atoms with Crippen LogP contribution in [-0.2, 0) is 16.1 Å². The number of furan rings is 1. The molecule has 0 radical (unpaired) electrons. The lowest BCUT2D eigenvalue weighted by molar-refractivity contribution is -0.136. The summed E-state index contributed by atoms with van der Waals surface area (Å²) in [6, 6.07) is 16.4. The Labute approximate surface area is 203 Å². The number of benzene rings is 2. The van der Waals surface area contributed by atoms with Crippen molar-refractivity contribution in [2.24, 2.45) is 4.99 Å². The minimum Gasteiger partial charge on any atom is -0.461 e. The maximum atomic E-state index is 13.2. The zero-order chi connectivity index (χ0) is 24.6. The van der Waals surface area contributed by atoms with Crippen LogP contribution in [0.4, 0.5) is 5.69 Å². The molecule has 9 heteroatoms. The van der Waals surface area contributed by atoms with Crippen LogP contribution >= 0.6 is 0 Å². The van der Waals surface area contributed by atoms with E-state index < -0.39 is 6.04 Å². The van der Waals surface area contributed by atoms with E-state index >= 15 is 0 Å². The van der Waals surface area contributed by atoms with Crippen LogP contribution in [0.15, 0.2) is 64.0 Å². The highest BCUT2D eigenvalue weighted by molar-refractivity contribution is 5.98. The molecule has 35 heavy (non-hydrogen) atoms. The zero-order valence-electron chi connectivity index (χ0n) is 19.6. The molecule has 0 spiro atoms. The molecule has 1 aliphatic heterocycles. The maximum absolute atomic E-state index is 13.2. The van der Waals surface area contributed by atoms with Crippen LogP contribution in [0.25, 0.3) is 11.0 Å². The van der Waals surface area contributed by atoms with Crippen molar-refractivity contribution in [1.29, 1.82) is 5.26 Å². The van der Waals surface area contributed by atoms with Crippen molar-refractivity contribution in [3.05, 3.63) is 65.9 Å². The molecule has 0 aliphatic carbocycles. The second-order valence-electron chi connectivity index (χ2n) is 8.48. The molecule has 4 rings (SSSR count). The van der Waals surface area contributed by atoms with E-state index in [9.17, 15) is 14.9 Å². The predicted molar refractivity (Wildman–Crippen MR) is 133 cm³/mol. The van der Waals surface area contributed by atoms with Crippen LogP contribution in [0.3, 0.4) is 0 Å². The first-order valence-corrected chi connectivity index (χ1v) is 11.6. The molecule has 180 valence electrons. The van der Waals surface area contributed by atoms with Crippen molar-refractivity contribution in [2.75, 3.05) is 18.4 Å². The van der Waals surface area contributed by atoms with Crippen LogP contribution in [0.2, 0.25) is 0 Å². The molecule has 2 aromatic carbocycles. The van der Waals surface area contributed by atoms with E-state index in [-0.39, 0.29) is 24.3 Å². The molecule has 3 N–H and O–H groups in total. The highest BCUT2D eigenvalue weighted by Crippen LogP contribution is 2.23. The standard InChI is InChI=1S/C26H28N6O3/c1-18-13-20-14-21(10-11-23(20)35-18)30-26(29-17-27)31-22-9-5-6-12-32(25(22)34)16-24(33)28-15-19-7-3-2-4-8-19/h2-4,7-8,10-11,13-14,22H,5-6,9,12,15-16H2,1H3,(H,28,33)(H2,29,30,31)/t22-/m0/s1. The smallest absolute Gasteiger partial charge is 0.247 e. The van der Waals surface area contributed by atoms with Crippen LogP contribution in [0, 0.1) is 18.4 Å². The number of nitriles is 1. The molecular formula is C26H28N6O3. The quantitative estimate of drug-likeness (QED) is 0.219. The molecule has 3 aromatic rings. The normalized spacial score (nSPS) is 16.5. The highest BCUT2D eigenvalue weighted by Gasteiger charge is 2.28. The summed E-state index contributed by atoms with van der Waals surface area (Å²) in [6.07, 6.45) is 4.00. The average molecular weight is 473 g/mol. The van der Waals surface area contributed by atoms with E-state index in [0.29, 0.717) is 25.2 Å². The number of nitrogens with one attached hydrogen (secondary N) is 3. The fraction of sp³-hybridized carbons (Fsp3) is 0.308. The van der Waals surface area contributed by atoms with Gasteiger partial charge in [0.15, 0.2) is 6.19 Å².